The quantitative estimate of drug-likeness (QED) is 0.371. The molecule has 3 amide bonds. The van der Waals surface area contributed by atoms with E-state index >= 15 is 0 Å². The number of nitriles is 1. The van der Waals surface area contributed by atoms with Crippen molar-refractivity contribution in [1.29, 1.82) is 5.26 Å². The van der Waals surface area contributed by atoms with Gasteiger partial charge in [-0.05, 0) is 60.0 Å². The summed E-state index contributed by atoms with van der Waals surface area (Å²) in [4.78, 5) is 28.2. The van der Waals surface area contributed by atoms with E-state index in [9.17, 15) is 32.4 Å². The lowest BCUT2D eigenvalue weighted by Crippen LogP contribution is -2.42. The van der Waals surface area contributed by atoms with Gasteiger partial charge < -0.3 is 10.6 Å². The van der Waals surface area contributed by atoms with E-state index in [1.807, 2.05) is 6.07 Å². The first kappa shape index (κ1) is 28.6. The molecule has 1 fully saturated rings. The van der Waals surface area contributed by atoms with Gasteiger partial charge in [0.15, 0.2) is 0 Å². The third-order valence-electron chi connectivity index (χ3n) is 6.59. The van der Waals surface area contributed by atoms with Gasteiger partial charge in [-0.25, -0.2) is 9.18 Å². The van der Waals surface area contributed by atoms with Gasteiger partial charge in [-0.1, -0.05) is 24.3 Å². The van der Waals surface area contributed by atoms with Crippen LogP contribution in [0, 0.1) is 17.1 Å². The summed E-state index contributed by atoms with van der Waals surface area (Å²) in [7, 11) is 0. The smallest absolute Gasteiger partial charge is 0.352 e. The largest absolute Gasteiger partial charge is 0.419 e. The molecule has 0 aromatic heterocycles. The highest BCUT2D eigenvalue weighted by Gasteiger charge is 2.34. The maximum Gasteiger partial charge on any atom is 0.419 e. The normalized spacial score (nSPS) is 15.3. The standard InChI is InChI=1S/C29H27F4N5O2/c1-19(39)35-24-11-12-37(18-24)13-14-38(28(40)36-23-7-10-26(27(30)16-23)29(31,32)33)25-8-5-21(6-9-25)22-4-2-3-20(15-22)17-34/h2-10,15-16,24H,11-14,18H2,1H3,(H,35,39)(H,36,40)/t24-/m1/s1. The van der Waals surface area contributed by atoms with Gasteiger partial charge in [-0.15, -0.1) is 0 Å². The zero-order chi connectivity index (χ0) is 28.9. The summed E-state index contributed by atoms with van der Waals surface area (Å²) in [5.41, 5.74) is 1.14. The number of rotatable bonds is 7. The van der Waals surface area contributed by atoms with Crippen LogP contribution in [0.15, 0.2) is 66.7 Å². The molecule has 208 valence electrons. The highest BCUT2D eigenvalue weighted by atomic mass is 19.4. The van der Waals surface area contributed by atoms with Crippen molar-refractivity contribution in [3.05, 3.63) is 83.7 Å². The number of carbonyl (C=O) groups excluding carboxylic acids is 2. The fraction of sp³-hybridized carbons (Fsp3) is 0.276. The van der Waals surface area contributed by atoms with Gasteiger partial charge in [0.05, 0.1) is 17.2 Å². The summed E-state index contributed by atoms with van der Waals surface area (Å²) in [6, 6.07) is 17.8. The average Bonchev–Trinajstić information content (AvgIpc) is 3.35. The molecule has 2 N–H and O–H groups in total. The van der Waals surface area contributed by atoms with E-state index in [1.54, 1.807) is 42.5 Å². The molecule has 11 heteroatoms. The molecule has 3 aromatic rings. The van der Waals surface area contributed by atoms with E-state index in [2.05, 4.69) is 21.6 Å². The number of alkyl halides is 3. The number of nitrogens with zero attached hydrogens (tertiary/aromatic N) is 3. The Morgan fingerprint density at radius 2 is 1.82 bits per heavy atom. The lowest BCUT2D eigenvalue weighted by Gasteiger charge is -2.26. The van der Waals surface area contributed by atoms with Crippen LogP contribution >= 0.6 is 0 Å². The molecular formula is C29H27F4N5O2. The summed E-state index contributed by atoms with van der Waals surface area (Å²) < 4.78 is 53.0. The van der Waals surface area contributed by atoms with Gasteiger partial charge >= 0.3 is 12.2 Å². The van der Waals surface area contributed by atoms with Crippen LogP contribution in [0.5, 0.6) is 0 Å². The molecule has 4 rings (SSSR count). The third kappa shape index (κ3) is 7.15. The Morgan fingerprint density at radius 1 is 1.07 bits per heavy atom. The van der Waals surface area contributed by atoms with Crippen LogP contribution in [-0.2, 0) is 11.0 Å². The van der Waals surface area contributed by atoms with E-state index < -0.39 is 23.6 Å². The van der Waals surface area contributed by atoms with E-state index in [0.29, 0.717) is 36.5 Å². The minimum absolute atomic E-state index is 0.0124. The Bertz CT molecular complexity index is 1420. The number of nitrogens with one attached hydrogen (secondary N) is 2. The molecular weight excluding hydrogens is 526 g/mol. The number of hydrogen-bond donors (Lipinski definition) is 2. The summed E-state index contributed by atoms with van der Waals surface area (Å²) in [6.07, 6.45) is -4.08. The van der Waals surface area contributed by atoms with Gasteiger partial charge in [0.2, 0.25) is 5.91 Å². The molecule has 0 spiro atoms. The molecule has 0 radical (unpaired) electrons. The second-order valence-electron chi connectivity index (χ2n) is 9.50. The zero-order valence-corrected chi connectivity index (χ0v) is 21.6. The van der Waals surface area contributed by atoms with E-state index in [0.717, 1.165) is 30.2 Å². The predicted octanol–water partition coefficient (Wildman–Crippen LogP) is 5.63. The van der Waals surface area contributed by atoms with Crippen LogP contribution < -0.4 is 15.5 Å². The van der Waals surface area contributed by atoms with E-state index in [1.165, 1.54) is 11.8 Å². The van der Waals surface area contributed by atoms with Gasteiger partial charge in [-0.3, -0.25) is 14.6 Å². The highest BCUT2D eigenvalue weighted by Crippen LogP contribution is 2.32. The van der Waals surface area contributed by atoms with Gasteiger partial charge in [0, 0.05) is 50.5 Å². The van der Waals surface area contributed by atoms with Crippen molar-refractivity contribution in [3.63, 3.8) is 0 Å². The van der Waals surface area contributed by atoms with Crippen LogP contribution in [0.25, 0.3) is 11.1 Å². The van der Waals surface area contributed by atoms with Gasteiger partial charge in [-0.2, -0.15) is 18.4 Å². The van der Waals surface area contributed by atoms with Crippen molar-refractivity contribution in [2.24, 2.45) is 0 Å². The molecule has 1 atom stereocenters. The number of likely N-dealkylation sites (tertiary alicyclic amines) is 1. The minimum atomic E-state index is -4.85. The number of amides is 3. The van der Waals surface area contributed by atoms with Crippen molar-refractivity contribution in [3.8, 4) is 17.2 Å². The van der Waals surface area contributed by atoms with Gasteiger partial charge in [0.1, 0.15) is 5.82 Å². The fourth-order valence-corrected chi connectivity index (χ4v) is 4.65. The Balaban J connectivity index is 1.54. The minimum Gasteiger partial charge on any atom is -0.352 e. The lowest BCUT2D eigenvalue weighted by molar-refractivity contribution is -0.140. The molecule has 1 aliphatic heterocycles. The number of carbonyl (C=O) groups is 2. The first-order valence-electron chi connectivity index (χ1n) is 12.6. The van der Waals surface area contributed by atoms with Crippen molar-refractivity contribution in [1.82, 2.24) is 10.2 Å². The third-order valence-corrected chi connectivity index (χ3v) is 6.59. The highest BCUT2D eigenvalue weighted by molar-refractivity contribution is 6.02. The predicted molar refractivity (Wildman–Crippen MR) is 143 cm³/mol. The lowest BCUT2D eigenvalue weighted by atomic mass is 10.0. The molecule has 1 aliphatic rings. The molecule has 1 saturated heterocycles. The van der Waals surface area contributed by atoms with Crippen molar-refractivity contribution in [2.45, 2.75) is 25.6 Å². The molecule has 7 nitrogen and oxygen atoms in total. The summed E-state index contributed by atoms with van der Waals surface area (Å²) in [5, 5.41) is 14.6. The molecule has 40 heavy (non-hydrogen) atoms. The van der Waals surface area contributed by atoms with Crippen molar-refractivity contribution >= 4 is 23.3 Å². The topological polar surface area (TPSA) is 88.5 Å². The molecule has 3 aromatic carbocycles. The molecule has 0 saturated carbocycles. The molecule has 1 heterocycles. The van der Waals surface area contributed by atoms with E-state index in [-0.39, 0.29) is 24.2 Å². The van der Waals surface area contributed by atoms with Crippen LogP contribution in [0.3, 0.4) is 0 Å². The number of halogens is 4. The first-order valence-corrected chi connectivity index (χ1v) is 12.6. The fourth-order valence-electron chi connectivity index (χ4n) is 4.65. The number of benzene rings is 3. The van der Waals surface area contributed by atoms with Crippen molar-refractivity contribution in [2.75, 3.05) is 36.4 Å². The molecule has 0 bridgehead atoms. The summed E-state index contributed by atoms with van der Waals surface area (Å²) >= 11 is 0. The second-order valence-corrected chi connectivity index (χ2v) is 9.50. The number of urea groups is 1. The van der Waals surface area contributed by atoms with Crippen LogP contribution in [-0.4, -0.2) is 49.1 Å². The summed E-state index contributed by atoms with van der Waals surface area (Å²) in [6.45, 7) is 3.49. The number of anilines is 2. The van der Waals surface area contributed by atoms with Gasteiger partial charge in [0.25, 0.3) is 0 Å². The Labute approximate surface area is 229 Å². The SMILES string of the molecule is CC(=O)N[C@@H]1CCN(CCN(C(=O)Nc2ccc(C(F)(F)F)c(F)c2)c2ccc(-c3cccc(C#N)c3)cc2)C1. The molecule has 0 unspecified atom stereocenters. The maximum atomic E-state index is 14.1. The zero-order valence-electron chi connectivity index (χ0n) is 21.6. The second kappa shape index (κ2) is 12.2. The summed E-state index contributed by atoms with van der Waals surface area (Å²) in [5.74, 6) is -1.60. The average molecular weight is 554 g/mol. The Morgan fingerprint density at radius 3 is 2.48 bits per heavy atom. The van der Waals surface area contributed by atoms with Crippen molar-refractivity contribution < 1.29 is 27.2 Å². The van der Waals surface area contributed by atoms with Crippen LogP contribution in [0.2, 0.25) is 0 Å². The first-order chi connectivity index (χ1) is 19.0. The van der Waals surface area contributed by atoms with Crippen LogP contribution in [0.1, 0.15) is 24.5 Å². The molecule has 0 aliphatic carbocycles. The Kier molecular flexibility index (Phi) is 8.70. The number of hydrogen-bond acceptors (Lipinski definition) is 4. The maximum absolute atomic E-state index is 14.1. The Hall–Kier alpha value is -4.43. The van der Waals surface area contributed by atoms with E-state index in [4.69, 9.17) is 0 Å². The monoisotopic (exact) mass is 553 g/mol. The van der Waals surface area contributed by atoms with Crippen LogP contribution in [0.4, 0.5) is 33.7 Å².